The van der Waals surface area contributed by atoms with Gasteiger partial charge in [0.05, 0.1) is 5.56 Å². The number of nitrogens with one attached hydrogen (secondary N) is 1. The number of hydrogen-bond donors (Lipinski definition) is 2. The molecule has 0 aromatic heterocycles. The zero-order valence-electron chi connectivity index (χ0n) is 11.5. The number of halogens is 1. The van der Waals surface area contributed by atoms with Crippen molar-refractivity contribution in [2.24, 2.45) is 0 Å². The summed E-state index contributed by atoms with van der Waals surface area (Å²) in [6.07, 6.45) is 0.868. The van der Waals surface area contributed by atoms with Crippen LogP contribution in [0.3, 0.4) is 0 Å². The van der Waals surface area contributed by atoms with Crippen molar-refractivity contribution in [2.45, 2.75) is 20.3 Å². The zero-order valence-corrected chi connectivity index (χ0v) is 13.1. The van der Waals surface area contributed by atoms with E-state index in [1.54, 1.807) is 12.1 Å². The third-order valence-electron chi connectivity index (χ3n) is 3.24. The van der Waals surface area contributed by atoms with Gasteiger partial charge in [0.15, 0.2) is 0 Å². The first-order valence-electron chi connectivity index (χ1n) is 6.47. The van der Waals surface area contributed by atoms with Crippen LogP contribution in [0.5, 0.6) is 0 Å². The summed E-state index contributed by atoms with van der Waals surface area (Å²) in [5.41, 5.74) is 9.89. The van der Waals surface area contributed by atoms with Crippen LogP contribution in [0, 0.1) is 6.92 Å². The molecule has 0 aliphatic carbocycles. The van der Waals surface area contributed by atoms with Gasteiger partial charge in [0, 0.05) is 15.8 Å². The molecular weight excluding hydrogens is 316 g/mol. The Morgan fingerprint density at radius 2 is 2.05 bits per heavy atom. The second-order valence-electron chi connectivity index (χ2n) is 4.65. The van der Waals surface area contributed by atoms with Gasteiger partial charge in [-0.2, -0.15) is 0 Å². The summed E-state index contributed by atoms with van der Waals surface area (Å²) < 4.78 is 0.858. The second kappa shape index (κ2) is 6.09. The highest BCUT2D eigenvalue weighted by molar-refractivity contribution is 9.10. The van der Waals surface area contributed by atoms with Crippen molar-refractivity contribution in [3.05, 3.63) is 57.6 Å². The Morgan fingerprint density at radius 3 is 2.70 bits per heavy atom. The van der Waals surface area contributed by atoms with Crippen LogP contribution in [0.4, 0.5) is 11.4 Å². The molecule has 0 saturated heterocycles. The SMILES string of the molecule is CCc1cccc(C)c1NC(=O)c1ccc(Br)cc1N. The number of nitrogen functional groups attached to an aromatic ring is 1. The molecule has 0 saturated carbocycles. The molecular formula is C16H17BrN2O. The number of amides is 1. The predicted octanol–water partition coefficient (Wildman–Crippen LogP) is 4.15. The largest absolute Gasteiger partial charge is 0.398 e. The molecule has 4 heteroatoms. The highest BCUT2D eigenvalue weighted by Gasteiger charge is 2.13. The Kier molecular flexibility index (Phi) is 4.45. The molecule has 0 radical (unpaired) electrons. The molecule has 0 fully saturated rings. The van der Waals surface area contributed by atoms with Crippen molar-refractivity contribution in [3.63, 3.8) is 0 Å². The second-order valence-corrected chi connectivity index (χ2v) is 5.56. The number of rotatable bonds is 3. The lowest BCUT2D eigenvalue weighted by atomic mass is 10.1. The number of anilines is 2. The molecule has 2 rings (SSSR count). The molecule has 0 unspecified atom stereocenters. The topological polar surface area (TPSA) is 55.1 Å². The lowest BCUT2D eigenvalue weighted by Crippen LogP contribution is -2.16. The molecule has 3 nitrogen and oxygen atoms in total. The molecule has 104 valence electrons. The Bertz CT molecular complexity index is 653. The molecule has 0 heterocycles. The van der Waals surface area contributed by atoms with Crippen molar-refractivity contribution < 1.29 is 4.79 Å². The van der Waals surface area contributed by atoms with Gasteiger partial charge in [0.1, 0.15) is 0 Å². The smallest absolute Gasteiger partial charge is 0.257 e. The average Bonchev–Trinajstić information content (AvgIpc) is 2.40. The fraction of sp³-hybridized carbons (Fsp3) is 0.188. The van der Waals surface area contributed by atoms with E-state index in [0.29, 0.717) is 11.3 Å². The van der Waals surface area contributed by atoms with E-state index < -0.39 is 0 Å². The molecule has 0 atom stereocenters. The summed E-state index contributed by atoms with van der Waals surface area (Å²) in [6, 6.07) is 11.3. The number of para-hydroxylation sites is 1. The van der Waals surface area contributed by atoms with Gasteiger partial charge in [0.25, 0.3) is 5.91 Å². The number of hydrogen-bond acceptors (Lipinski definition) is 2. The minimum absolute atomic E-state index is 0.181. The first-order chi connectivity index (χ1) is 9.52. The third-order valence-corrected chi connectivity index (χ3v) is 3.73. The van der Waals surface area contributed by atoms with Crippen molar-refractivity contribution >= 4 is 33.2 Å². The zero-order chi connectivity index (χ0) is 14.7. The summed E-state index contributed by atoms with van der Waals surface area (Å²) in [6.45, 7) is 4.05. The van der Waals surface area contributed by atoms with E-state index in [2.05, 4.69) is 28.2 Å². The van der Waals surface area contributed by atoms with E-state index in [1.807, 2.05) is 31.2 Å². The van der Waals surface area contributed by atoms with Crippen LogP contribution in [-0.2, 0) is 6.42 Å². The fourth-order valence-corrected chi connectivity index (χ4v) is 2.50. The lowest BCUT2D eigenvalue weighted by molar-refractivity contribution is 0.102. The molecule has 20 heavy (non-hydrogen) atoms. The van der Waals surface area contributed by atoms with E-state index in [1.165, 1.54) is 0 Å². The van der Waals surface area contributed by atoms with Gasteiger partial charge in [0.2, 0.25) is 0 Å². The quantitative estimate of drug-likeness (QED) is 0.829. The van der Waals surface area contributed by atoms with Crippen molar-refractivity contribution in [1.82, 2.24) is 0 Å². The summed E-state index contributed by atoms with van der Waals surface area (Å²) in [4.78, 5) is 12.4. The molecule has 0 aliphatic heterocycles. The van der Waals surface area contributed by atoms with E-state index in [4.69, 9.17) is 5.73 Å². The monoisotopic (exact) mass is 332 g/mol. The molecule has 1 amide bonds. The predicted molar refractivity (Wildman–Crippen MR) is 87.1 cm³/mol. The van der Waals surface area contributed by atoms with Crippen molar-refractivity contribution in [2.75, 3.05) is 11.1 Å². The highest BCUT2D eigenvalue weighted by atomic mass is 79.9. The molecule has 0 aliphatic rings. The van der Waals surface area contributed by atoms with Gasteiger partial charge < -0.3 is 11.1 Å². The summed E-state index contributed by atoms with van der Waals surface area (Å²) in [5.74, 6) is -0.181. The fourth-order valence-electron chi connectivity index (χ4n) is 2.12. The van der Waals surface area contributed by atoms with Gasteiger partial charge >= 0.3 is 0 Å². The van der Waals surface area contributed by atoms with Gasteiger partial charge in [-0.05, 0) is 42.7 Å². The molecule has 2 aromatic rings. The Morgan fingerprint density at radius 1 is 1.30 bits per heavy atom. The maximum absolute atomic E-state index is 12.4. The van der Waals surface area contributed by atoms with Gasteiger partial charge in [-0.25, -0.2) is 0 Å². The summed E-state index contributed by atoms with van der Waals surface area (Å²) >= 11 is 3.33. The number of aryl methyl sites for hydroxylation is 2. The van der Waals surface area contributed by atoms with Gasteiger partial charge in [-0.15, -0.1) is 0 Å². The van der Waals surface area contributed by atoms with Crippen LogP contribution in [0.1, 0.15) is 28.4 Å². The maximum Gasteiger partial charge on any atom is 0.257 e. The summed E-state index contributed by atoms with van der Waals surface area (Å²) in [5, 5.41) is 2.97. The van der Waals surface area contributed by atoms with Gasteiger partial charge in [-0.3, -0.25) is 4.79 Å². The summed E-state index contributed by atoms with van der Waals surface area (Å²) in [7, 11) is 0. The normalized spacial score (nSPS) is 10.3. The van der Waals surface area contributed by atoms with Crippen LogP contribution < -0.4 is 11.1 Å². The standard InChI is InChI=1S/C16H17BrN2O/c1-3-11-6-4-5-10(2)15(11)19-16(20)13-8-7-12(17)9-14(13)18/h4-9H,3,18H2,1-2H3,(H,19,20). The van der Waals surface area contributed by atoms with E-state index in [0.717, 1.165) is 27.7 Å². The minimum Gasteiger partial charge on any atom is -0.398 e. The molecule has 0 spiro atoms. The Balaban J connectivity index is 2.33. The van der Waals surface area contributed by atoms with Crippen LogP contribution in [0.25, 0.3) is 0 Å². The molecule has 2 aromatic carbocycles. The van der Waals surface area contributed by atoms with Crippen molar-refractivity contribution in [1.29, 1.82) is 0 Å². The minimum atomic E-state index is -0.181. The average molecular weight is 333 g/mol. The number of nitrogens with two attached hydrogens (primary N) is 1. The lowest BCUT2D eigenvalue weighted by Gasteiger charge is -2.14. The van der Waals surface area contributed by atoms with Crippen LogP contribution >= 0.6 is 15.9 Å². The maximum atomic E-state index is 12.4. The first kappa shape index (κ1) is 14.6. The van der Waals surface area contributed by atoms with E-state index in [-0.39, 0.29) is 5.91 Å². The number of benzene rings is 2. The molecule has 0 bridgehead atoms. The van der Waals surface area contributed by atoms with Gasteiger partial charge in [-0.1, -0.05) is 41.1 Å². The van der Waals surface area contributed by atoms with E-state index >= 15 is 0 Å². The highest BCUT2D eigenvalue weighted by Crippen LogP contribution is 2.24. The first-order valence-corrected chi connectivity index (χ1v) is 7.27. The number of carbonyl (C=O) groups is 1. The molecule has 3 N–H and O–H groups in total. The van der Waals surface area contributed by atoms with E-state index in [9.17, 15) is 4.79 Å². The van der Waals surface area contributed by atoms with Crippen LogP contribution in [-0.4, -0.2) is 5.91 Å². The third kappa shape index (κ3) is 3.02. The van der Waals surface area contributed by atoms with Crippen molar-refractivity contribution in [3.8, 4) is 0 Å². The Hall–Kier alpha value is -1.81. The van der Waals surface area contributed by atoms with Crippen LogP contribution in [0.15, 0.2) is 40.9 Å². The van der Waals surface area contributed by atoms with Crippen LogP contribution in [0.2, 0.25) is 0 Å². The number of carbonyl (C=O) groups excluding carboxylic acids is 1. The Labute approximate surface area is 127 Å².